The molecule has 6 nitrogen and oxygen atoms in total. The van der Waals surface area contributed by atoms with Crippen LogP contribution in [0.1, 0.15) is 12.0 Å². The number of aryl methyl sites for hydroxylation is 2. The minimum absolute atomic E-state index is 0.135. The highest BCUT2D eigenvalue weighted by molar-refractivity contribution is 5.96. The van der Waals surface area contributed by atoms with Crippen molar-refractivity contribution >= 4 is 11.6 Å². The zero-order valence-corrected chi connectivity index (χ0v) is 11.8. The van der Waals surface area contributed by atoms with E-state index in [1.54, 1.807) is 26.0 Å². The molecule has 1 aromatic carbocycles. The highest BCUT2D eigenvalue weighted by Crippen LogP contribution is 2.30. The third kappa shape index (κ3) is 1.76. The molecule has 0 unspecified atom stereocenters. The summed E-state index contributed by atoms with van der Waals surface area (Å²) < 4.78 is 2.85. The van der Waals surface area contributed by atoms with Gasteiger partial charge in [-0.05, 0) is 30.2 Å². The van der Waals surface area contributed by atoms with E-state index in [1.807, 2.05) is 18.2 Å². The summed E-state index contributed by atoms with van der Waals surface area (Å²) in [5.74, 6) is 0.773. The van der Waals surface area contributed by atoms with E-state index in [9.17, 15) is 9.59 Å². The summed E-state index contributed by atoms with van der Waals surface area (Å²) >= 11 is 0. The highest BCUT2D eigenvalue weighted by Gasteiger charge is 2.21. The van der Waals surface area contributed by atoms with Gasteiger partial charge in [0.05, 0.1) is 0 Å². The molecular weight excluding hydrogens is 256 g/mol. The van der Waals surface area contributed by atoms with Gasteiger partial charge in [0.1, 0.15) is 0 Å². The highest BCUT2D eigenvalue weighted by atomic mass is 16.2. The van der Waals surface area contributed by atoms with E-state index in [-0.39, 0.29) is 11.6 Å². The van der Waals surface area contributed by atoms with Crippen LogP contribution in [0.5, 0.6) is 0 Å². The Hall–Kier alpha value is -2.37. The number of nitrogens with zero attached hydrogens (tertiary/aromatic N) is 4. The summed E-state index contributed by atoms with van der Waals surface area (Å²) in [5.41, 5.74) is 2.80. The largest absolute Gasteiger partial charge is 0.345 e. The van der Waals surface area contributed by atoms with Gasteiger partial charge >= 0.3 is 5.69 Å². The fourth-order valence-electron chi connectivity index (χ4n) is 2.61. The molecule has 1 aromatic heterocycles. The van der Waals surface area contributed by atoms with Crippen molar-refractivity contribution in [2.45, 2.75) is 12.8 Å². The number of carbonyl (C=O) groups excluding carboxylic acids is 1. The maximum absolute atomic E-state index is 11.8. The number of rotatable bonds is 1. The third-order valence-corrected chi connectivity index (χ3v) is 3.81. The summed E-state index contributed by atoms with van der Waals surface area (Å²) in [6.07, 6.45) is 1.25. The molecule has 104 valence electrons. The van der Waals surface area contributed by atoms with Gasteiger partial charge in [-0.1, -0.05) is 0 Å². The molecule has 0 bridgehead atoms. The van der Waals surface area contributed by atoms with Crippen LogP contribution in [0.15, 0.2) is 23.0 Å². The predicted octanol–water partition coefficient (Wildman–Crippen LogP) is 0.695. The molecule has 0 saturated heterocycles. The van der Waals surface area contributed by atoms with Gasteiger partial charge in [0.25, 0.3) is 0 Å². The second-order valence-corrected chi connectivity index (χ2v) is 5.09. The van der Waals surface area contributed by atoms with E-state index in [4.69, 9.17) is 0 Å². The van der Waals surface area contributed by atoms with Crippen LogP contribution in [0.2, 0.25) is 0 Å². The van der Waals surface area contributed by atoms with Gasteiger partial charge in [0.2, 0.25) is 5.91 Å². The molecule has 0 aliphatic carbocycles. The van der Waals surface area contributed by atoms with E-state index in [0.29, 0.717) is 12.2 Å². The standard InChI is InChI=1S/C14H16N4O2/c1-16-11-6-4-10(8-9(11)5-7-12(16)19)13-15-18(3)14(20)17(13)2/h4,6,8H,5,7H2,1-3H3. The monoisotopic (exact) mass is 272 g/mol. The minimum atomic E-state index is -0.148. The lowest BCUT2D eigenvalue weighted by Crippen LogP contribution is -2.31. The predicted molar refractivity (Wildman–Crippen MR) is 75.6 cm³/mol. The molecule has 2 heterocycles. The van der Waals surface area contributed by atoms with Crippen molar-refractivity contribution in [3.8, 4) is 11.4 Å². The lowest BCUT2D eigenvalue weighted by atomic mass is 9.99. The van der Waals surface area contributed by atoms with Gasteiger partial charge in [-0.25, -0.2) is 9.48 Å². The van der Waals surface area contributed by atoms with Crippen LogP contribution in [0.4, 0.5) is 5.69 Å². The first-order valence-corrected chi connectivity index (χ1v) is 6.49. The molecule has 0 atom stereocenters. The topological polar surface area (TPSA) is 60.1 Å². The molecule has 20 heavy (non-hydrogen) atoms. The molecular formula is C14H16N4O2. The molecule has 0 spiro atoms. The lowest BCUT2D eigenvalue weighted by Gasteiger charge is -2.26. The molecule has 2 aromatic rings. The van der Waals surface area contributed by atoms with Crippen LogP contribution < -0.4 is 10.6 Å². The summed E-state index contributed by atoms with van der Waals surface area (Å²) in [4.78, 5) is 25.1. The zero-order valence-electron chi connectivity index (χ0n) is 11.8. The number of amides is 1. The van der Waals surface area contributed by atoms with Crippen molar-refractivity contribution in [1.29, 1.82) is 0 Å². The number of aromatic nitrogens is 3. The van der Waals surface area contributed by atoms with E-state index >= 15 is 0 Å². The lowest BCUT2D eigenvalue weighted by molar-refractivity contribution is -0.118. The van der Waals surface area contributed by atoms with Crippen molar-refractivity contribution in [1.82, 2.24) is 14.3 Å². The molecule has 1 aliphatic heterocycles. The van der Waals surface area contributed by atoms with E-state index < -0.39 is 0 Å². The first kappa shape index (κ1) is 12.7. The average molecular weight is 272 g/mol. The maximum Gasteiger partial charge on any atom is 0.345 e. The van der Waals surface area contributed by atoms with Crippen molar-refractivity contribution in [2.24, 2.45) is 14.1 Å². The number of benzene rings is 1. The molecule has 0 N–H and O–H groups in total. The van der Waals surface area contributed by atoms with Gasteiger partial charge in [0.15, 0.2) is 5.82 Å². The smallest absolute Gasteiger partial charge is 0.315 e. The molecule has 6 heteroatoms. The van der Waals surface area contributed by atoms with E-state index in [0.717, 1.165) is 23.2 Å². The van der Waals surface area contributed by atoms with Gasteiger partial charge < -0.3 is 4.90 Å². The van der Waals surface area contributed by atoms with Crippen molar-refractivity contribution < 1.29 is 4.79 Å². The summed E-state index contributed by atoms with van der Waals surface area (Å²) in [6, 6.07) is 5.83. The van der Waals surface area contributed by atoms with Gasteiger partial charge in [0, 0.05) is 38.8 Å². The minimum Gasteiger partial charge on any atom is -0.315 e. The number of fused-ring (bicyclic) bond motifs is 1. The van der Waals surface area contributed by atoms with Crippen LogP contribution in [-0.2, 0) is 25.3 Å². The van der Waals surface area contributed by atoms with Gasteiger partial charge in [-0.3, -0.25) is 9.36 Å². The Morgan fingerprint density at radius 3 is 2.50 bits per heavy atom. The van der Waals surface area contributed by atoms with Crippen LogP contribution in [0.3, 0.4) is 0 Å². The first-order chi connectivity index (χ1) is 9.49. The number of anilines is 1. The second kappa shape index (κ2) is 4.33. The molecule has 1 amide bonds. The summed E-state index contributed by atoms with van der Waals surface area (Å²) in [7, 11) is 5.13. The SMILES string of the molecule is CN1C(=O)CCc2cc(-c3nn(C)c(=O)n3C)ccc21. The normalized spacial score (nSPS) is 14.6. The Labute approximate surface area is 116 Å². The summed E-state index contributed by atoms with van der Waals surface area (Å²) in [6.45, 7) is 0. The Morgan fingerprint density at radius 2 is 1.85 bits per heavy atom. The first-order valence-electron chi connectivity index (χ1n) is 6.49. The Bertz CT molecular complexity index is 757. The molecule has 0 radical (unpaired) electrons. The average Bonchev–Trinajstić information content (AvgIpc) is 2.70. The van der Waals surface area contributed by atoms with Crippen LogP contribution in [-0.4, -0.2) is 27.3 Å². The fourth-order valence-corrected chi connectivity index (χ4v) is 2.61. The summed E-state index contributed by atoms with van der Waals surface area (Å²) in [5, 5.41) is 4.25. The van der Waals surface area contributed by atoms with Gasteiger partial charge in [-0.15, -0.1) is 5.10 Å². The third-order valence-electron chi connectivity index (χ3n) is 3.81. The van der Waals surface area contributed by atoms with E-state index in [2.05, 4.69) is 5.10 Å². The van der Waals surface area contributed by atoms with Gasteiger partial charge in [-0.2, -0.15) is 0 Å². The van der Waals surface area contributed by atoms with Crippen molar-refractivity contribution in [3.05, 3.63) is 34.2 Å². The Balaban J connectivity index is 2.11. The van der Waals surface area contributed by atoms with Crippen LogP contribution >= 0.6 is 0 Å². The number of hydrogen-bond acceptors (Lipinski definition) is 3. The molecule has 0 saturated carbocycles. The van der Waals surface area contributed by atoms with E-state index in [1.165, 1.54) is 9.25 Å². The van der Waals surface area contributed by atoms with Crippen molar-refractivity contribution in [2.75, 3.05) is 11.9 Å². The molecule has 3 rings (SSSR count). The van der Waals surface area contributed by atoms with Crippen LogP contribution in [0, 0.1) is 0 Å². The quantitative estimate of drug-likeness (QED) is 0.767. The maximum atomic E-state index is 11.8. The fraction of sp³-hybridized carbons (Fsp3) is 0.357. The molecule has 1 aliphatic rings. The molecule has 0 fully saturated rings. The second-order valence-electron chi connectivity index (χ2n) is 5.09. The number of hydrogen-bond donors (Lipinski definition) is 0. The van der Waals surface area contributed by atoms with Crippen molar-refractivity contribution in [3.63, 3.8) is 0 Å². The van der Waals surface area contributed by atoms with Crippen LogP contribution in [0.25, 0.3) is 11.4 Å². The Morgan fingerprint density at radius 1 is 1.10 bits per heavy atom. The number of carbonyl (C=O) groups is 1. The Kier molecular flexibility index (Phi) is 2.74. The zero-order chi connectivity index (χ0) is 14.4.